The van der Waals surface area contributed by atoms with Crippen molar-refractivity contribution in [1.82, 2.24) is 29.1 Å². The van der Waals surface area contributed by atoms with Gasteiger partial charge in [0.05, 0.1) is 47.6 Å². The quantitative estimate of drug-likeness (QED) is 0.273. The summed E-state index contributed by atoms with van der Waals surface area (Å²) < 4.78 is 5.87. The number of rotatable bonds is 4. The van der Waals surface area contributed by atoms with E-state index >= 15 is 0 Å². The average molecular weight is 569 g/mol. The summed E-state index contributed by atoms with van der Waals surface area (Å²) in [6.07, 6.45) is 4.71. The first kappa shape index (κ1) is 26.0. The van der Waals surface area contributed by atoms with Gasteiger partial charge in [0.2, 0.25) is 0 Å². The molecular formula is C31H33ClN8O. The summed E-state index contributed by atoms with van der Waals surface area (Å²) in [7, 11) is 0. The Morgan fingerprint density at radius 2 is 1.90 bits per heavy atom. The van der Waals surface area contributed by atoms with Crippen LogP contribution in [-0.4, -0.2) is 41.9 Å². The van der Waals surface area contributed by atoms with Crippen molar-refractivity contribution in [3.05, 3.63) is 68.5 Å². The summed E-state index contributed by atoms with van der Waals surface area (Å²) in [6, 6.07) is 7.81. The van der Waals surface area contributed by atoms with Crippen LogP contribution in [-0.2, 0) is 25.0 Å². The summed E-state index contributed by atoms with van der Waals surface area (Å²) in [5.41, 5.74) is 7.25. The molecule has 2 aliphatic heterocycles. The first-order valence-electron chi connectivity index (χ1n) is 14.2. The number of nitrogens with one attached hydrogen (secondary N) is 1. The van der Waals surface area contributed by atoms with Crippen molar-refractivity contribution in [3.8, 4) is 11.3 Å². The van der Waals surface area contributed by atoms with E-state index in [-0.39, 0.29) is 17.0 Å². The van der Waals surface area contributed by atoms with Crippen molar-refractivity contribution in [1.29, 1.82) is 0 Å². The Morgan fingerprint density at radius 1 is 1.07 bits per heavy atom. The minimum absolute atomic E-state index is 0.0422. The Bertz CT molecular complexity index is 1960. The molecule has 10 heteroatoms. The minimum Gasteiger partial charge on any atom is -0.377 e. The van der Waals surface area contributed by atoms with Gasteiger partial charge in [-0.15, -0.1) is 0 Å². The van der Waals surface area contributed by atoms with Crippen LogP contribution in [0.1, 0.15) is 62.7 Å². The van der Waals surface area contributed by atoms with Gasteiger partial charge in [-0.05, 0) is 49.6 Å². The Morgan fingerprint density at radius 3 is 2.71 bits per heavy atom. The van der Waals surface area contributed by atoms with Crippen LogP contribution in [0.15, 0.2) is 40.2 Å². The zero-order chi connectivity index (χ0) is 28.6. The number of aryl methyl sites for hydroxylation is 3. The molecule has 7 rings (SSSR count). The van der Waals surface area contributed by atoms with E-state index in [1.807, 2.05) is 51.5 Å². The smallest absolute Gasteiger partial charge is 0.260 e. The topological polar surface area (TPSA) is 94.9 Å². The largest absolute Gasteiger partial charge is 0.377 e. The molecule has 0 amide bonds. The highest BCUT2D eigenvalue weighted by molar-refractivity contribution is 6.29. The maximum Gasteiger partial charge on any atom is 0.260 e. The Kier molecular flexibility index (Phi) is 5.87. The third kappa shape index (κ3) is 4.09. The van der Waals surface area contributed by atoms with Gasteiger partial charge in [0.1, 0.15) is 10.8 Å². The molecule has 2 aliphatic rings. The van der Waals surface area contributed by atoms with Crippen LogP contribution in [0.25, 0.3) is 33.1 Å². The fourth-order valence-electron chi connectivity index (χ4n) is 6.35. The second-order valence-corrected chi connectivity index (χ2v) is 12.6. The number of aromatic nitrogens is 6. The molecule has 0 aliphatic carbocycles. The molecule has 41 heavy (non-hydrogen) atoms. The van der Waals surface area contributed by atoms with Crippen LogP contribution in [0, 0.1) is 6.92 Å². The third-order valence-electron chi connectivity index (χ3n) is 8.17. The number of aliphatic imine (C=N–C) groups is 1. The van der Waals surface area contributed by atoms with E-state index in [4.69, 9.17) is 21.7 Å². The molecule has 5 aromatic rings. The van der Waals surface area contributed by atoms with Gasteiger partial charge < -0.3 is 5.32 Å². The number of fused-ring (bicyclic) bond motifs is 3. The number of nitrogens with zero attached hydrogens (tertiary/aromatic N) is 7. The van der Waals surface area contributed by atoms with E-state index in [1.54, 1.807) is 0 Å². The van der Waals surface area contributed by atoms with E-state index < -0.39 is 0 Å². The number of hydrogen-bond acceptors (Lipinski definition) is 6. The number of anilines is 1. The van der Waals surface area contributed by atoms with Gasteiger partial charge in [-0.2, -0.15) is 10.2 Å². The van der Waals surface area contributed by atoms with Gasteiger partial charge in [0.15, 0.2) is 0 Å². The van der Waals surface area contributed by atoms with Crippen molar-refractivity contribution < 1.29 is 0 Å². The summed E-state index contributed by atoms with van der Waals surface area (Å²) in [4.78, 5) is 23.1. The molecule has 1 aromatic carbocycles. The van der Waals surface area contributed by atoms with Gasteiger partial charge in [0.25, 0.3) is 5.56 Å². The van der Waals surface area contributed by atoms with Crippen molar-refractivity contribution in [2.75, 3.05) is 11.9 Å². The lowest BCUT2D eigenvalue weighted by Gasteiger charge is -2.23. The zero-order valence-electron chi connectivity index (χ0n) is 24.0. The maximum atomic E-state index is 13.7. The van der Waals surface area contributed by atoms with Crippen LogP contribution in [0.4, 0.5) is 5.69 Å². The van der Waals surface area contributed by atoms with Crippen LogP contribution in [0.2, 0.25) is 5.15 Å². The SMILES string of the molecule is Cc1cc(C(C)Nc2ccc(Cl)nc2-c2c(C(C)(C)C)nn3c2C=NCC3)c2c(c1)c(=O)n1c3c2cnn3CCC1. The molecule has 0 bridgehead atoms. The average Bonchev–Trinajstić information content (AvgIpc) is 3.55. The molecule has 0 saturated carbocycles. The Balaban J connectivity index is 1.41. The van der Waals surface area contributed by atoms with Gasteiger partial charge >= 0.3 is 0 Å². The van der Waals surface area contributed by atoms with Crippen LogP contribution < -0.4 is 10.9 Å². The lowest BCUT2D eigenvalue weighted by molar-refractivity contribution is 0.485. The maximum absolute atomic E-state index is 13.7. The van der Waals surface area contributed by atoms with Crippen molar-refractivity contribution in [2.24, 2.45) is 4.99 Å². The molecule has 0 fully saturated rings. The van der Waals surface area contributed by atoms with Crippen molar-refractivity contribution >= 4 is 45.3 Å². The fraction of sp³-hybridized carbons (Fsp3) is 0.387. The first-order chi connectivity index (χ1) is 19.6. The highest BCUT2D eigenvalue weighted by Crippen LogP contribution is 2.40. The van der Waals surface area contributed by atoms with Gasteiger partial charge in [-0.3, -0.25) is 19.0 Å². The zero-order valence-corrected chi connectivity index (χ0v) is 24.7. The van der Waals surface area contributed by atoms with Crippen LogP contribution >= 0.6 is 11.6 Å². The molecule has 210 valence electrons. The van der Waals surface area contributed by atoms with Gasteiger partial charge in [0, 0.05) is 46.9 Å². The van der Waals surface area contributed by atoms with E-state index in [0.717, 1.165) is 80.8 Å². The summed E-state index contributed by atoms with van der Waals surface area (Å²) in [5, 5.41) is 16.5. The molecule has 1 unspecified atom stereocenters. The predicted octanol–water partition coefficient (Wildman–Crippen LogP) is 5.88. The third-order valence-corrected chi connectivity index (χ3v) is 8.38. The lowest BCUT2D eigenvalue weighted by Crippen LogP contribution is -2.27. The number of pyridine rings is 2. The first-order valence-corrected chi connectivity index (χ1v) is 14.6. The minimum atomic E-state index is -0.218. The fourth-order valence-corrected chi connectivity index (χ4v) is 6.50. The Labute approximate surface area is 242 Å². The molecule has 9 nitrogen and oxygen atoms in total. The molecule has 0 radical (unpaired) electrons. The van der Waals surface area contributed by atoms with E-state index in [2.05, 4.69) is 49.2 Å². The van der Waals surface area contributed by atoms with E-state index in [9.17, 15) is 4.79 Å². The van der Waals surface area contributed by atoms with Crippen molar-refractivity contribution in [3.63, 3.8) is 0 Å². The number of hydrogen-bond donors (Lipinski definition) is 1. The summed E-state index contributed by atoms with van der Waals surface area (Å²) in [6.45, 7) is 13.6. The standard InChI is InChI=1S/C31H33ClN8O/c1-17-13-19(25-20(14-17)30(41)38-10-6-11-40-29(38)21(25)15-34-40)18(2)35-22-7-8-24(32)36-27(22)26-23-16-33-9-12-39(23)37-28(26)31(3,4)5/h7-8,13-16,18,35H,6,9-12H2,1-5H3. The summed E-state index contributed by atoms with van der Waals surface area (Å²) in [5.74, 6) is 0. The molecular weight excluding hydrogens is 536 g/mol. The van der Waals surface area contributed by atoms with E-state index in [1.165, 1.54) is 0 Å². The monoisotopic (exact) mass is 568 g/mol. The molecule has 4 aromatic heterocycles. The van der Waals surface area contributed by atoms with Gasteiger partial charge in [-0.1, -0.05) is 38.4 Å². The Hall–Kier alpha value is -3.98. The second-order valence-electron chi connectivity index (χ2n) is 12.2. The van der Waals surface area contributed by atoms with Gasteiger partial charge in [-0.25, -0.2) is 9.67 Å². The van der Waals surface area contributed by atoms with Crippen LogP contribution in [0.5, 0.6) is 0 Å². The molecule has 6 heterocycles. The van der Waals surface area contributed by atoms with Crippen LogP contribution in [0.3, 0.4) is 0 Å². The highest BCUT2D eigenvalue weighted by atomic mass is 35.5. The number of halogens is 1. The number of benzene rings is 1. The molecule has 1 atom stereocenters. The lowest BCUT2D eigenvalue weighted by atomic mass is 9.87. The van der Waals surface area contributed by atoms with E-state index in [0.29, 0.717) is 18.2 Å². The normalized spacial score (nSPS) is 15.5. The highest BCUT2D eigenvalue weighted by Gasteiger charge is 2.31. The van der Waals surface area contributed by atoms with Crippen molar-refractivity contribution in [2.45, 2.75) is 72.1 Å². The molecule has 0 saturated heterocycles. The molecule has 1 N–H and O–H groups in total. The second kappa shape index (κ2) is 9.27. The predicted molar refractivity (Wildman–Crippen MR) is 165 cm³/mol. The molecule has 0 spiro atoms. The summed E-state index contributed by atoms with van der Waals surface area (Å²) >= 11 is 6.51.